The topological polar surface area (TPSA) is 50.4 Å². The first-order chi connectivity index (χ1) is 7.77. The van der Waals surface area contributed by atoms with Crippen molar-refractivity contribution in [2.24, 2.45) is 0 Å². The minimum Gasteiger partial charge on any atom is -0.507 e. The van der Waals surface area contributed by atoms with Crippen LogP contribution in [0.4, 0.5) is 0 Å². The Labute approximate surface area is 92.3 Å². The second-order valence-electron chi connectivity index (χ2n) is 3.25. The average molecular weight is 214 g/mol. The molecular weight excluding hydrogens is 204 g/mol. The van der Waals surface area contributed by atoms with Gasteiger partial charge in [-0.1, -0.05) is 36.4 Å². The standard InChI is InChI=1S/C13H10O3/c14-12-8-9-16-13(15)11(12)7-6-10-4-2-1-3-5-10/h1-9,14H. The van der Waals surface area contributed by atoms with Crippen LogP contribution in [0.25, 0.3) is 12.2 Å². The van der Waals surface area contributed by atoms with Crippen molar-refractivity contribution < 1.29 is 9.52 Å². The van der Waals surface area contributed by atoms with Gasteiger partial charge in [-0.3, -0.25) is 0 Å². The van der Waals surface area contributed by atoms with Crippen molar-refractivity contribution >= 4 is 12.2 Å². The van der Waals surface area contributed by atoms with E-state index in [4.69, 9.17) is 0 Å². The molecule has 0 radical (unpaired) electrons. The molecule has 3 nitrogen and oxygen atoms in total. The highest BCUT2D eigenvalue weighted by Gasteiger charge is 2.02. The van der Waals surface area contributed by atoms with Crippen LogP contribution in [0.3, 0.4) is 0 Å². The summed E-state index contributed by atoms with van der Waals surface area (Å²) in [7, 11) is 0. The van der Waals surface area contributed by atoms with Gasteiger partial charge in [-0.15, -0.1) is 0 Å². The van der Waals surface area contributed by atoms with Crippen molar-refractivity contribution in [3.05, 3.63) is 64.2 Å². The van der Waals surface area contributed by atoms with Crippen LogP contribution in [0.15, 0.2) is 51.9 Å². The van der Waals surface area contributed by atoms with Gasteiger partial charge in [0.25, 0.3) is 0 Å². The van der Waals surface area contributed by atoms with Gasteiger partial charge in [0.05, 0.1) is 6.26 Å². The monoisotopic (exact) mass is 214 g/mol. The molecule has 0 aliphatic carbocycles. The van der Waals surface area contributed by atoms with E-state index in [0.717, 1.165) is 11.8 Å². The van der Waals surface area contributed by atoms with Gasteiger partial charge in [0.1, 0.15) is 11.3 Å². The normalized spacial score (nSPS) is 10.8. The fourth-order valence-electron chi connectivity index (χ4n) is 1.32. The minimum absolute atomic E-state index is 0.0802. The summed E-state index contributed by atoms with van der Waals surface area (Å²) >= 11 is 0. The zero-order chi connectivity index (χ0) is 11.4. The van der Waals surface area contributed by atoms with E-state index in [0.29, 0.717) is 0 Å². The Kier molecular flexibility index (Phi) is 2.87. The molecule has 0 amide bonds. The highest BCUT2D eigenvalue weighted by Crippen LogP contribution is 2.14. The maximum Gasteiger partial charge on any atom is 0.346 e. The van der Waals surface area contributed by atoms with Crippen molar-refractivity contribution in [2.75, 3.05) is 0 Å². The summed E-state index contributed by atoms with van der Waals surface area (Å²) in [5.74, 6) is -0.0802. The number of benzene rings is 1. The number of hydrogen-bond acceptors (Lipinski definition) is 3. The molecule has 1 heterocycles. The minimum atomic E-state index is -0.549. The quantitative estimate of drug-likeness (QED) is 0.835. The fraction of sp³-hybridized carbons (Fsp3) is 0. The Balaban J connectivity index is 2.35. The van der Waals surface area contributed by atoms with Crippen LogP contribution in [-0.2, 0) is 0 Å². The van der Waals surface area contributed by atoms with E-state index in [9.17, 15) is 9.90 Å². The Bertz CT molecular complexity index is 553. The van der Waals surface area contributed by atoms with Crippen LogP contribution in [0.1, 0.15) is 11.1 Å². The van der Waals surface area contributed by atoms with Crippen molar-refractivity contribution in [3.63, 3.8) is 0 Å². The average Bonchev–Trinajstić information content (AvgIpc) is 2.30. The first kappa shape index (κ1) is 10.2. The lowest BCUT2D eigenvalue weighted by Crippen LogP contribution is -2.01. The number of aromatic hydroxyl groups is 1. The number of rotatable bonds is 2. The van der Waals surface area contributed by atoms with E-state index in [-0.39, 0.29) is 11.3 Å². The first-order valence-corrected chi connectivity index (χ1v) is 4.81. The Hall–Kier alpha value is -2.29. The van der Waals surface area contributed by atoms with E-state index >= 15 is 0 Å². The molecule has 1 N–H and O–H groups in total. The molecule has 16 heavy (non-hydrogen) atoms. The molecule has 80 valence electrons. The van der Waals surface area contributed by atoms with Gasteiger partial charge in [-0.05, 0) is 11.6 Å². The molecule has 0 fully saturated rings. The molecule has 0 aliphatic rings. The summed E-state index contributed by atoms with van der Waals surface area (Å²) in [6.07, 6.45) is 4.44. The maximum absolute atomic E-state index is 11.3. The van der Waals surface area contributed by atoms with Gasteiger partial charge in [0.2, 0.25) is 0 Å². The predicted molar refractivity (Wildman–Crippen MR) is 62.0 cm³/mol. The Morgan fingerprint density at radius 1 is 1.06 bits per heavy atom. The van der Waals surface area contributed by atoms with Crippen LogP contribution in [0.5, 0.6) is 5.75 Å². The molecule has 2 aromatic rings. The highest BCUT2D eigenvalue weighted by atomic mass is 16.4. The fourth-order valence-corrected chi connectivity index (χ4v) is 1.32. The van der Waals surface area contributed by atoms with E-state index in [1.54, 1.807) is 6.08 Å². The predicted octanol–water partition coefficient (Wildman–Crippen LogP) is 2.52. The summed E-state index contributed by atoms with van der Waals surface area (Å²) in [4.78, 5) is 11.3. The van der Waals surface area contributed by atoms with Gasteiger partial charge in [0.15, 0.2) is 0 Å². The smallest absolute Gasteiger partial charge is 0.346 e. The van der Waals surface area contributed by atoms with Gasteiger partial charge in [-0.2, -0.15) is 0 Å². The summed E-state index contributed by atoms with van der Waals surface area (Å²) < 4.78 is 4.66. The third-order valence-electron chi connectivity index (χ3n) is 2.14. The molecule has 0 aliphatic heterocycles. The van der Waals surface area contributed by atoms with Crippen LogP contribution in [0, 0.1) is 0 Å². The molecule has 0 unspecified atom stereocenters. The third-order valence-corrected chi connectivity index (χ3v) is 2.14. The molecule has 1 aromatic heterocycles. The second-order valence-corrected chi connectivity index (χ2v) is 3.25. The summed E-state index contributed by atoms with van der Waals surface area (Å²) in [6, 6.07) is 10.8. The van der Waals surface area contributed by atoms with E-state index in [2.05, 4.69) is 4.42 Å². The van der Waals surface area contributed by atoms with Crippen molar-refractivity contribution in [1.29, 1.82) is 0 Å². The van der Waals surface area contributed by atoms with E-state index < -0.39 is 5.63 Å². The molecule has 3 heteroatoms. The maximum atomic E-state index is 11.3. The van der Waals surface area contributed by atoms with Gasteiger partial charge in [-0.25, -0.2) is 4.79 Å². The lowest BCUT2D eigenvalue weighted by Gasteiger charge is -1.95. The van der Waals surface area contributed by atoms with Crippen LogP contribution < -0.4 is 5.63 Å². The molecule has 2 rings (SSSR count). The lowest BCUT2D eigenvalue weighted by molar-refractivity contribution is 0.445. The lowest BCUT2D eigenvalue weighted by atomic mass is 10.1. The molecule has 0 atom stereocenters. The first-order valence-electron chi connectivity index (χ1n) is 4.81. The third kappa shape index (κ3) is 2.20. The molecular formula is C13H10O3. The molecule has 0 bridgehead atoms. The SMILES string of the molecule is O=c1occc(O)c1C=Cc1ccccc1. The zero-order valence-corrected chi connectivity index (χ0v) is 8.46. The summed E-state index contributed by atoms with van der Waals surface area (Å²) in [5.41, 5.74) is 0.559. The highest BCUT2D eigenvalue weighted by molar-refractivity contribution is 5.71. The largest absolute Gasteiger partial charge is 0.507 e. The molecule has 0 saturated heterocycles. The molecule has 1 aromatic carbocycles. The van der Waals surface area contributed by atoms with Crippen molar-refractivity contribution in [1.82, 2.24) is 0 Å². The van der Waals surface area contributed by atoms with E-state index in [1.807, 2.05) is 30.3 Å². The Morgan fingerprint density at radius 3 is 2.50 bits per heavy atom. The second kappa shape index (κ2) is 4.49. The van der Waals surface area contributed by atoms with Crippen LogP contribution in [0.2, 0.25) is 0 Å². The van der Waals surface area contributed by atoms with Crippen LogP contribution >= 0.6 is 0 Å². The zero-order valence-electron chi connectivity index (χ0n) is 8.46. The van der Waals surface area contributed by atoms with Gasteiger partial charge < -0.3 is 9.52 Å². The van der Waals surface area contributed by atoms with E-state index in [1.165, 1.54) is 12.1 Å². The van der Waals surface area contributed by atoms with Crippen LogP contribution in [-0.4, -0.2) is 5.11 Å². The summed E-state index contributed by atoms with van der Waals surface area (Å²) in [5, 5.41) is 9.46. The Morgan fingerprint density at radius 2 is 1.81 bits per heavy atom. The number of hydrogen-bond donors (Lipinski definition) is 1. The molecule has 0 spiro atoms. The van der Waals surface area contributed by atoms with Gasteiger partial charge >= 0.3 is 5.63 Å². The summed E-state index contributed by atoms with van der Waals surface area (Å²) in [6.45, 7) is 0. The molecule has 0 saturated carbocycles. The van der Waals surface area contributed by atoms with Crippen molar-refractivity contribution in [2.45, 2.75) is 0 Å². The van der Waals surface area contributed by atoms with Gasteiger partial charge in [0, 0.05) is 6.07 Å². The van der Waals surface area contributed by atoms with Crippen molar-refractivity contribution in [3.8, 4) is 5.75 Å².